The molecule has 0 atom stereocenters. The molecule has 1 aromatic carbocycles. The molecule has 0 saturated heterocycles. The van der Waals surface area contributed by atoms with Crippen LogP contribution in [0.2, 0.25) is 0 Å². The quantitative estimate of drug-likeness (QED) is 0.441. The Balaban J connectivity index is 2.40. The lowest BCUT2D eigenvalue weighted by Gasteiger charge is -1.94. The fourth-order valence-corrected chi connectivity index (χ4v) is 2.56. The van der Waals surface area contributed by atoms with E-state index in [4.69, 9.17) is 4.42 Å². The van der Waals surface area contributed by atoms with E-state index < -0.39 is 0 Å². The first-order chi connectivity index (χ1) is 8.75. The van der Waals surface area contributed by atoms with Crippen LogP contribution in [-0.4, -0.2) is 9.38 Å². The van der Waals surface area contributed by atoms with Crippen LogP contribution in [0.25, 0.3) is 28.1 Å². The Bertz CT molecular complexity index is 830. The highest BCUT2D eigenvalue weighted by molar-refractivity contribution is 5.86. The number of pyridine rings is 1. The molecule has 0 aliphatic heterocycles. The summed E-state index contributed by atoms with van der Waals surface area (Å²) in [5.41, 5.74) is 5.17. The number of hydrogen-bond acceptors (Lipinski definition) is 2. The predicted molar refractivity (Wildman–Crippen MR) is 68.4 cm³/mol. The average molecular weight is 238 g/mol. The Kier molecular flexibility index (Phi) is 1.66. The van der Waals surface area contributed by atoms with Crippen LogP contribution >= 0.6 is 0 Å². The molecule has 0 fully saturated rings. The largest absolute Gasteiger partial charge is 0.403 e. The van der Waals surface area contributed by atoms with Crippen molar-refractivity contribution in [2.24, 2.45) is 7.05 Å². The Morgan fingerprint density at radius 1 is 1.22 bits per heavy atom. The van der Waals surface area contributed by atoms with E-state index >= 15 is 0 Å². The van der Waals surface area contributed by atoms with Crippen molar-refractivity contribution in [3.8, 4) is 0 Å². The summed E-state index contributed by atoms with van der Waals surface area (Å²) in [5, 5.41) is 0. The van der Waals surface area contributed by atoms with E-state index in [-0.39, 0.29) is 0 Å². The lowest BCUT2D eigenvalue weighted by Crippen LogP contribution is -2.29. The van der Waals surface area contributed by atoms with Crippen molar-refractivity contribution in [2.75, 3.05) is 0 Å². The first-order valence-corrected chi connectivity index (χ1v) is 5.90. The number of aromatic nitrogens is 3. The maximum Gasteiger partial charge on any atom is 0.402 e. The summed E-state index contributed by atoms with van der Waals surface area (Å²) in [4.78, 5) is 4.53. The van der Waals surface area contributed by atoms with E-state index in [0.717, 1.165) is 22.3 Å². The number of aryl methyl sites for hydroxylation is 2. The van der Waals surface area contributed by atoms with Crippen LogP contribution in [-0.2, 0) is 7.05 Å². The highest BCUT2D eigenvalue weighted by Gasteiger charge is 2.22. The van der Waals surface area contributed by atoms with Crippen molar-refractivity contribution in [1.82, 2.24) is 9.38 Å². The minimum Gasteiger partial charge on any atom is -0.403 e. The third-order valence-electron chi connectivity index (χ3n) is 3.37. The molecule has 0 unspecified atom stereocenters. The summed E-state index contributed by atoms with van der Waals surface area (Å²) in [5.74, 6) is 0.649. The van der Waals surface area contributed by atoms with Gasteiger partial charge in [-0.25, -0.2) is 4.57 Å². The lowest BCUT2D eigenvalue weighted by atomic mass is 10.2. The third-order valence-corrected chi connectivity index (χ3v) is 3.37. The topological polar surface area (TPSA) is 34.3 Å². The van der Waals surface area contributed by atoms with Gasteiger partial charge in [-0.05, 0) is 25.1 Å². The molecule has 0 aliphatic rings. The average Bonchev–Trinajstić information content (AvgIpc) is 2.84. The predicted octanol–water partition coefficient (Wildman–Crippen LogP) is 2.37. The van der Waals surface area contributed by atoms with Gasteiger partial charge in [0, 0.05) is 5.56 Å². The summed E-state index contributed by atoms with van der Waals surface area (Å²) in [6.07, 6.45) is 2.02. The zero-order valence-electron chi connectivity index (χ0n) is 10.2. The van der Waals surface area contributed by atoms with Gasteiger partial charge in [-0.15, -0.1) is 4.40 Å². The highest BCUT2D eigenvalue weighted by Crippen LogP contribution is 2.25. The second kappa shape index (κ2) is 3.10. The number of imidazole rings is 1. The minimum atomic E-state index is 0.649. The first-order valence-electron chi connectivity index (χ1n) is 5.90. The lowest BCUT2D eigenvalue weighted by molar-refractivity contribution is -0.647. The monoisotopic (exact) mass is 238 g/mol. The van der Waals surface area contributed by atoms with Gasteiger partial charge in [0.1, 0.15) is 0 Å². The number of para-hydroxylation sites is 1. The van der Waals surface area contributed by atoms with Crippen molar-refractivity contribution in [2.45, 2.75) is 6.92 Å². The fourth-order valence-electron chi connectivity index (χ4n) is 2.56. The molecule has 4 nitrogen and oxygen atoms in total. The van der Waals surface area contributed by atoms with Crippen LogP contribution in [0.5, 0.6) is 0 Å². The number of oxazole rings is 1. The van der Waals surface area contributed by atoms with E-state index in [1.807, 2.05) is 37.5 Å². The number of nitrogens with zero attached hydrogens (tertiary/aromatic N) is 3. The molecule has 0 saturated carbocycles. The van der Waals surface area contributed by atoms with Crippen LogP contribution in [0, 0.1) is 6.92 Å². The molecule has 0 N–H and O–H groups in total. The van der Waals surface area contributed by atoms with Crippen molar-refractivity contribution in [3.05, 3.63) is 42.1 Å². The molecule has 4 heteroatoms. The first kappa shape index (κ1) is 9.65. The van der Waals surface area contributed by atoms with Gasteiger partial charge in [-0.2, -0.15) is 4.98 Å². The molecular formula is C14H12N3O+. The molecule has 18 heavy (non-hydrogen) atoms. The van der Waals surface area contributed by atoms with Crippen molar-refractivity contribution in [1.29, 1.82) is 0 Å². The van der Waals surface area contributed by atoms with Crippen LogP contribution in [0.4, 0.5) is 0 Å². The molecule has 4 aromatic rings. The van der Waals surface area contributed by atoms with Gasteiger partial charge in [-0.3, -0.25) is 0 Å². The Morgan fingerprint density at radius 2 is 2.11 bits per heavy atom. The zero-order chi connectivity index (χ0) is 12.3. The summed E-state index contributed by atoms with van der Waals surface area (Å²) in [6, 6.07) is 10.1. The second-order valence-electron chi connectivity index (χ2n) is 4.58. The summed E-state index contributed by atoms with van der Waals surface area (Å²) < 4.78 is 9.96. The molecule has 3 aromatic heterocycles. The summed E-state index contributed by atoms with van der Waals surface area (Å²) in [7, 11) is 2.02. The standard InChI is InChI=1S/C14H12N3O/c1-9-5-3-7-11-12(9)17-13-10(15-14(17)18-11)6-4-8-16(13)2/h3-8H,1-2H3/q+1. The van der Waals surface area contributed by atoms with Gasteiger partial charge in [0.15, 0.2) is 16.6 Å². The fraction of sp³-hybridized carbons (Fsp3) is 0.143. The van der Waals surface area contributed by atoms with E-state index in [9.17, 15) is 0 Å². The highest BCUT2D eigenvalue weighted by atomic mass is 16.4. The van der Waals surface area contributed by atoms with Gasteiger partial charge in [0.2, 0.25) is 0 Å². The molecule has 3 heterocycles. The van der Waals surface area contributed by atoms with Crippen molar-refractivity contribution in [3.63, 3.8) is 0 Å². The minimum absolute atomic E-state index is 0.649. The van der Waals surface area contributed by atoms with Crippen molar-refractivity contribution >= 4 is 28.1 Å². The number of hydrogen-bond donors (Lipinski definition) is 0. The van der Waals surface area contributed by atoms with Gasteiger partial charge in [0.05, 0.1) is 13.2 Å². The molecule has 0 spiro atoms. The normalized spacial score (nSPS) is 11.9. The number of fused-ring (bicyclic) bond motifs is 5. The SMILES string of the molecule is Cc1cccc2oc3nc4ccc[n+](C)c4n3c12. The van der Waals surface area contributed by atoms with Gasteiger partial charge in [0.25, 0.3) is 0 Å². The van der Waals surface area contributed by atoms with Gasteiger partial charge < -0.3 is 4.42 Å². The number of rotatable bonds is 0. The van der Waals surface area contributed by atoms with Gasteiger partial charge >= 0.3 is 11.5 Å². The second-order valence-corrected chi connectivity index (χ2v) is 4.58. The molecular weight excluding hydrogens is 226 g/mol. The third kappa shape index (κ3) is 1.05. The maximum absolute atomic E-state index is 5.81. The molecule has 0 radical (unpaired) electrons. The van der Waals surface area contributed by atoms with E-state index in [1.54, 1.807) is 0 Å². The number of benzene rings is 1. The van der Waals surface area contributed by atoms with E-state index in [2.05, 4.69) is 26.9 Å². The van der Waals surface area contributed by atoms with Gasteiger partial charge in [-0.1, -0.05) is 12.1 Å². The van der Waals surface area contributed by atoms with Crippen LogP contribution < -0.4 is 4.57 Å². The van der Waals surface area contributed by atoms with Crippen LogP contribution in [0.1, 0.15) is 5.56 Å². The Labute approximate surface area is 103 Å². The summed E-state index contributed by atoms with van der Waals surface area (Å²) >= 11 is 0. The molecule has 88 valence electrons. The molecule has 4 rings (SSSR count). The van der Waals surface area contributed by atoms with Crippen LogP contribution in [0.3, 0.4) is 0 Å². The zero-order valence-corrected chi connectivity index (χ0v) is 10.2. The van der Waals surface area contributed by atoms with E-state index in [1.165, 1.54) is 5.56 Å². The maximum atomic E-state index is 5.81. The Morgan fingerprint density at radius 3 is 3.00 bits per heavy atom. The Hall–Kier alpha value is -2.36. The molecule has 0 aliphatic carbocycles. The summed E-state index contributed by atoms with van der Waals surface area (Å²) in [6.45, 7) is 2.09. The van der Waals surface area contributed by atoms with Crippen molar-refractivity contribution < 1.29 is 8.98 Å². The molecule has 0 bridgehead atoms. The smallest absolute Gasteiger partial charge is 0.402 e. The van der Waals surface area contributed by atoms with E-state index in [0.29, 0.717) is 5.84 Å². The van der Waals surface area contributed by atoms with Crippen LogP contribution in [0.15, 0.2) is 40.9 Å². The molecule has 0 amide bonds.